The Morgan fingerprint density at radius 1 is 0.969 bits per heavy atom. The van der Waals surface area contributed by atoms with Crippen LogP contribution >= 0.6 is 0 Å². The first kappa shape index (κ1) is 21.3. The van der Waals surface area contributed by atoms with E-state index in [2.05, 4.69) is 10.3 Å². The normalized spacial score (nSPS) is 11.8. The van der Waals surface area contributed by atoms with Gasteiger partial charge in [-0.3, -0.25) is 10.1 Å². The Hall–Kier alpha value is -3.90. The van der Waals surface area contributed by atoms with Gasteiger partial charge in [0.05, 0.1) is 12.3 Å². The summed E-state index contributed by atoms with van der Waals surface area (Å²) in [7, 11) is 0. The van der Waals surface area contributed by atoms with E-state index in [1.165, 1.54) is 0 Å². The number of benzene rings is 3. The first-order valence-corrected chi connectivity index (χ1v) is 10.4. The van der Waals surface area contributed by atoms with Gasteiger partial charge in [-0.05, 0) is 35.4 Å². The van der Waals surface area contributed by atoms with Crippen LogP contribution in [0.25, 0.3) is 11.5 Å². The van der Waals surface area contributed by atoms with Gasteiger partial charge in [-0.1, -0.05) is 60.7 Å². The standard InChI is InChI=1S/C26H24N2O4/c29-26(30)24(20-7-3-1-4-8-20)27-17-19-11-13-23(14-12-19)31-16-15-22-18-32-25(28-22)21-9-5-2-6-10-21/h1-14,18,24,27H,15-17H2,(H,29,30). The molecular weight excluding hydrogens is 404 g/mol. The molecule has 32 heavy (non-hydrogen) atoms. The van der Waals surface area contributed by atoms with Crippen LogP contribution in [0.15, 0.2) is 95.6 Å². The first-order chi connectivity index (χ1) is 15.7. The number of ether oxygens (including phenoxy) is 1. The van der Waals surface area contributed by atoms with Crippen LogP contribution in [0, 0.1) is 0 Å². The third kappa shape index (κ3) is 5.62. The lowest BCUT2D eigenvalue weighted by molar-refractivity contribution is -0.139. The SMILES string of the molecule is O=C(O)C(NCc1ccc(OCCc2coc(-c3ccccc3)n2)cc1)c1ccccc1. The van der Waals surface area contributed by atoms with Gasteiger partial charge in [-0.25, -0.2) is 4.98 Å². The average Bonchev–Trinajstić information content (AvgIpc) is 3.30. The molecule has 3 aromatic carbocycles. The van der Waals surface area contributed by atoms with E-state index < -0.39 is 12.0 Å². The molecule has 4 aromatic rings. The van der Waals surface area contributed by atoms with E-state index >= 15 is 0 Å². The number of carboxylic acids is 1. The Balaban J connectivity index is 1.26. The minimum absolute atomic E-state index is 0.438. The summed E-state index contributed by atoms with van der Waals surface area (Å²) in [4.78, 5) is 16.1. The van der Waals surface area contributed by atoms with Crippen LogP contribution in [-0.4, -0.2) is 22.7 Å². The minimum atomic E-state index is -0.903. The molecule has 1 heterocycles. The van der Waals surface area contributed by atoms with Gasteiger partial charge in [0.2, 0.25) is 5.89 Å². The summed E-state index contributed by atoms with van der Waals surface area (Å²) < 4.78 is 11.4. The molecule has 1 unspecified atom stereocenters. The summed E-state index contributed by atoms with van der Waals surface area (Å²) in [5.74, 6) is 0.449. The highest BCUT2D eigenvalue weighted by Crippen LogP contribution is 2.19. The molecule has 0 bridgehead atoms. The van der Waals surface area contributed by atoms with Crippen molar-refractivity contribution < 1.29 is 19.1 Å². The van der Waals surface area contributed by atoms with Crippen molar-refractivity contribution in [2.75, 3.05) is 6.61 Å². The van der Waals surface area contributed by atoms with Crippen molar-refractivity contribution in [2.45, 2.75) is 19.0 Å². The highest BCUT2D eigenvalue weighted by atomic mass is 16.5. The fraction of sp³-hybridized carbons (Fsp3) is 0.154. The molecule has 2 N–H and O–H groups in total. The van der Waals surface area contributed by atoms with Gasteiger partial charge in [-0.15, -0.1) is 0 Å². The van der Waals surface area contributed by atoms with E-state index in [0.717, 1.165) is 28.1 Å². The van der Waals surface area contributed by atoms with Crippen molar-refractivity contribution in [3.8, 4) is 17.2 Å². The number of carbonyl (C=O) groups is 1. The number of hydrogen-bond donors (Lipinski definition) is 2. The highest BCUT2D eigenvalue weighted by Gasteiger charge is 2.18. The first-order valence-electron chi connectivity index (χ1n) is 10.4. The Kier molecular flexibility index (Phi) is 6.94. The number of oxazole rings is 1. The van der Waals surface area contributed by atoms with E-state index in [1.54, 1.807) is 18.4 Å². The molecule has 0 aliphatic rings. The maximum absolute atomic E-state index is 11.6. The molecule has 0 aliphatic carbocycles. The monoisotopic (exact) mass is 428 g/mol. The number of nitrogens with zero attached hydrogens (tertiary/aromatic N) is 1. The second-order valence-electron chi connectivity index (χ2n) is 7.32. The molecule has 6 nitrogen and oxygen atoms in total. The molecule has 0 fully saturated rings. The molecule has 0 aliphatic heterocycles. The van der Waals surface area contributed by atoms with Gasteiger partial charge >= 0.3 is 5.97 Å². The second kappa shape index (κ2) is 10.4. The van der Waals surface area contributed by atoms with Crippen molar-refractivity contribution >= 4 is 5.97 Å². The molecule has 0 radical (unpaired) electrons. The average molecular weight is 428 g/mol. The van der Waals surface area contributed by atoms with E-state index in [0.29, 0.717) is 25.5 Å². The molecule has 6 heteroatoms. The van der Waals surface area contributed by atoms with Crippen LogP contribution in [0.1, 0.15) is 22.9 Å². The van der Waals surface area contributed by atoms with Crippen LogP contribution in [0.5, 0.6) is 5.75 Å². The third-order valence-corrected chi connectivity index (χ3v) is 5.01. The number of hydrogen-bond acceptors (Lipinski definition) is 5. The summed E-state index contributed by atoms with van der Waals surface area (Å²) in [6, 6.07) is 25.8. The zero-order chi connectivity index (χ0) is 22.2. The number of aliphatic carboxylic acids is 1. The lowest BCUT2D eigenvalue weighted by atomic mass is 10.1. The molecule has 1 aromatic heterocycles. The van der Waals surface area contributed by atoms with Crippen LogP contribution < -0.4 is 10.1 Å². The molecule has 162 valence electrons. The molecular formula is C26H24N2O4. The number of aromatic nitrogens is 1. The van der Waals surface area contributed by atoms with Crippen molar-refractivity contribution in [1.82, 2.24) is 10.3 Å². The topological polar surface area (TPSA) is 84.6 Å². The highest BCUT2D eigenvalue weighted by molar-refractivity contribution is 5.75. The Morgan fingerprint density at radius 3 is 2.34 bits per heavy atom. The summed E-state index contributed by atoms with van der Waals surface area (Å²) in [5.41, 5.74) is 3.48. The van der Waals surface area contributed by atoms with Crippen molar-refractivity contribution in [3.63, 3.8) is 0 Å². The fourth-order valence-corrected chi connectivity index (χ4v) is 3.33. The van der Waals surface area contributed by atoms with Crippen LogP contribution in [0.3, 0.4) is 0 Å². The Bertz CT molecular complexity index is 1130. The van der Waals surface area contributed by atoms with Crippen LogP contribution in [-0.2, 0) is 17.8 Å². The Morgan fingerprint density at radius 2 is 1.66 bits per heavy atom. The maximum Gasteiger partial charge on any atom is 0.325 e. The molecule has 0 saturated heterocycles. The number of carboxylic acid groups (broad SMARTS) is 1. The third-order valence-electron chi connectivity index (χ3n) is 5.01. The summed E-state index contributed by atoms with van der Waals surface area (Å²) >= 11 is 0. The predicted octanol–water partition coefficient (Wildman–Crippen LogP) is 4.88. The number of rotatable bonds is 10. The van der Waals surface area contributed by atoms with Gasteiger partial charge in [0.1, 0.15) is 18.1 Å². The zero-order valence-corrected chi connectivity index (χ0v) is 17.5. The van der Waals surface area contributed by atoms with Gasteiger partial charge in [-0.2, -0.15) is 0 Å². The van der Waals surface area contributed by atoms with Crippen molar-refractivity contribution in [3.05, 3.63) is 108 Å². The molecule has 0 saturated carbocycles. The van der Waals surface area contributed by atoms with Gasteiger partial charge < -0.3 is 14.3 Å². The van der Waals surface area contributed by atoms with E-state index in [-0.39, 0.29) is 0 Å². The van der Waals surface area contributed by atoms with Gasteiger partial charge in [0.15, 0.2) is 0 Å². The van der Waals surface area contributed by atoms with E-state index in [9.17, 15) is 9.90 Å². The van der Waals surface area contributed by atoms with Gasteiger partial charge in [0, 0.05) is 18.5 Å². The van der Waals surface area contributed by atoms with Gasteiger partial charge in [0.25, 0.3) is 0 Å². The largest absolute Gasteiger partial charge is 0.493 e. The van der Waals surface area contributed by atoms with Crippen LogP contribution in [0.4, 0.5) is 0 Å². The maximum atomic E-state index is 11.6. The number of nitrogens with one attached hydrogen (secondary N) is 1. The van der Waals surface area contributed by atoms with Crippen molar-refractivity contribution in [1.29, 1.82) is 0 Å². The second-order valence-corrected chi connectivity index (χ2v) is 7.32. The predicted molar refractivity (Wildman–Crippen MR) is 121 cm³/mol. The lowest BCUT2D eigenvalue weighted by Gasteiger charge is -2.15. The molecule has 1 atom stereocenters. The molecule has 4 rings (SSSR count). The summed E-state index contributed by atoms with van der Waals surface area (Å²) in [6.07, 6.45) is 2.29. The minimum Gasteiger partial charge on any atom is -0.493 e. The van der Waals surface area contributed by atoms with E-state index in [4.69, 9.17) is 9.15 Å². The molecule has 0 amide bonds. The fourth-order valence-electron chi connectivity index (χ4n) is 3.33. The van der Waals surface area contributed by atoms with E-state index in [1.807, 2.05) is 72.8 Å². The lowest BCUT2D eigenvalue weighted by Crippen LogP contribution is -2.28. The Labute approximate surface area is 186 Å². The zero-order valence-electron chi connectivity index (χ0n) is 17.5. The smallest absolute Gasteiger partial charge is 0.325 e. The quantitative estimate of drug-likeness (QED) is 0.375. The summed E-state index contributed by atoms with van der Waals surface area (Å²) in [6.45, 7) is 0.917. The van der Waals surface area contributed by atoms with Crippen molar-refractivity contribution in [2.24, 2.45) is 0 Å². The summed E-state index contributed by atoms with van der Waals surface area (Å²) in [5, 5.41) is 12.6. The van der Waals surface area contributed by atoms with Crippen LogP contribution in [0.2, 0.25) is 0 Å². The molecule has 0 spiro atoms.